The van der Waals surface area contributed by atoms with Crippen molar-refractivity contribution >= 4 is 44.2 Å². The van der Waals surface area contributed by atoms with E-state index in [4.69, 9.17) is 0 Å². The summed E-state index contributed by atoms with van der Waals surface area (Å²) in [7, 11) is -3.30. The second-order valence-electron chi connectivity index (χ2n) is 7.16. The van der Waals surface area contributed by atoms with E-state index in [2.05, 4.69) is 27.6 Å². The monoisotopic (exact) mass is 474 g/mol. The van der Waals surface area contributed by atoms with Crippen LogP contribution in [0.2, 0.25) is 0 Å². The van der Waals surface area contributed by atoms with Gasteiger partial charge in [0.2, 0.25) is 15.2 Å². The van der Waals surface area contributed by atoms with Gasteiger partial charge in [0.05, 0.1) is 5.75 Å². The summed E-state index contributed by atoms with van der Waals surface area (Å²) in [6.07, 6.45) is 1.83. The lowest BCUT2D eigenvalue weighted by molar-refractivity contribution is 0.102. The Morgan fingerprint density at radius 1 is 1.00 bits per heavy atom. The Labute approximate surface area is 189 Å². The van der Waals surface area contributed by atoms with Crippen LogP contribution in [-0.4, -0.2) is 41.9 Å². The molecule has 2 aromatic carbocycles. The van der Waals surface area contributed by atoms with E-state index in [9.17, 15) is 13.2 Å². The van der Waals surface area contributed by atoms with Gasteiger partial charge in [0.15, 0.2) is 4.34 Å². The first-order valence-corrected chi connectivity index (χ1v) is 13.3. The van der Waals surface area contributed by atoms with Crippen LogP contribution in [0, 0.1) is 0 Å². The van der Waals surface area contributed by atoms with Gasteiger partial charge >= 0.3 is 0 Å². The van der Waals surface area contributed by atoms with E-state index in [1.165, 1.54) is 21.2 Å². The number of carbonyl (C=O) groups excluding carboxylic acids is 1. The third-order valence-electron chi connectivity index (χ3n) is 4.86. The summed E-state index contributed by atoms with van der Waals surface area (Å²) in [5.41, 5.74) is 2.30. The van der Waals surface area contributed by atoms with Crippen LogP contribution < -0.4 is 5.32 Å². The number of aromatic nitrogens is 2. The normalized spacial score (nSPS) is 14.6. The highest BCUT2D eigenvalue weighted by Crippen LogP contribution is 2.28. The van der Waals surface area contributed by atoms with E-state index in [1.54, 1.807) is 36.0 Å². The smallest absolute Gasteiger partial charge is 0.257 e. The van der Waals surface area contributed by atoms with Gasteiger partial charge in [0.25, 0.3) is 5.91 Å². The van der Waals surface area contributed by atoms with E-state index in [-0.39, 0.29) is 11.7 Å². The molecule has 10 heteroatoms. The minimum Gasteiger partial charge on any atom is -0.296 e. The fourth-order valence-corrected chi connectivity index (χ4v) is 6.54. The van der Waals surface area contributed by atoms with Crippen LogP contribution in [0.1, 0.15) is 34.3 Å². The molecule has 1 N–H and O–H groups in total. The second kappa shape index (κ2) is 9.90. The zero-order chi connectivity index (χ0) is 21.7. The second-order valence-corrected chi connectivity index (χ2v) is 11.3. The Hall–Kier alpha value is -2.27. The number of nitrogens with one attached hydrogen (secondary N) is 1. The summed E-state index contributed by atoms with van der Waals surface area (Å²) in [6, 6.07) is 16.7. The fraction of sp³-hybridized carbons (Fsp3) is 0.286. The van der Waals surface area contributed by atoms with Crippen molar-refractivity contribution in [3.63, 3.8) is 0 Å². The van der Waals surface area contributed by atoms with Crippen molar-refractivity contribution in [2.24, 2.45) is 0 Å². The molecule has 1 saturated heterocycles. The zero-order valence-electron chi connectivity index (χ0n) is 16.7. The Morgan fingerprint density at radius 3 is 2.42 bits per heavy atom. The van der Waals surface area contributed by atoms with Gasteiger partial charge in [-0.2, -0.15) is 0 Å². The number of amides is 1. The average Bonchev–Trinajstić information content (AvgIpc) is 3.46. The van der Waals surface area contributed by atoms with Gasteiger partial charge in [-0.05, 0) is 36.1 Å². The van der Waals surface area contributed by atoms with Crippen LogP contribution >= 0.6 is 23.1 Å². The van der Waals surface area contributed by atoms with Gasteiger partial charge in [0, 0.05) is 24.4 Å². The molecule has 31 heavy (non-hydrogen) atoms. The van der Waals surface area contributed by atoms with Gasteiger partial charge < -0.3 is 0 Å². The summed E-state index contributed by atoms with van der Waals surface area (Å²) < 4.78 is 27.2. The molecule has 0 radical (unpaired) electrons. The molecule has 162 valence electrons. The minimum atomic E-state index is -3.30. The van der Waals surface area contributed by atoms with Gasteiger partial charge in [-0.25, -0.2) is 12.7 Å². The quantitative estimate of drug-likeness (QED) is 0.392. The third kappa shape index (κ3) is 5.91. The molecule has 1 aliphatic heterocycles. The van der Waals surface area contributed by atoms with Gasteiger partial charge in [-0.3, -0.25) is 10.1 Å². The standard InChI is InChI=1S/C21H22N4O3S3/c26-19(22-20-23-24-21(30-20)29-14-16-6-2-1-3-7-16)18-10-8-17(9-11-18)15-31(27,28)25-12-4-5-13-25/h1-3,6-11H,4-5,12-15H2,(H,22,23,26). The fourth-order valence-electron chi connectivity index (χ4n) is 3.23. The number of hydrogen-bond acceptors (Lipinski definition) is 7. The maximum atomic E-state index is 12.5. The van der Waals surface area contributed by atoms with E-state index >= 15 is 0 Å². The van der Waals surface area contributed by atoms with Crippen LogP contribution in [0.4, 0.5) is 5.13 Å². The number of benzene rings is 2. The van der Waals surface area contributed by atoms with E-state index < -0.39 is 10.0 Å². The number of hydrogen-bond donors (Lipinski definition) is 1. The third-order valence-corrected chi connectivity index (χ3v) is 8.75. The largest absolute Gasteiger partial charge is 0.296 e. The molecule has 1 aliphatic rings. The van der Waals surface area contributed by atoms with Crippen LogP contribution in [-0.2, 0) is 21.5 Å². The lowest BCUT2D eigenvalue weighted by Gasteiger charge is -2.15. The van der Waals surface area contributed by atoms with E-state index in [0.717, 1.165) is 22.9 Å². The summed E-state index contributed by atoms with van der Waals surface area (Å²) in [5.74, 6) is 0.433. The molecule has 7 nitrogen and oxygen atoms in total. The highest BCUT2D eigenvalue weighted by Gasteiger charge is 2.25. The molecule has 1 amide bonds. The molecule has 0 bridgehead atoms. The number of nitrogens with zero attached hydrogens (tertiary/aromatic N) is 3. The molecular formula is C21H22N4O3S3. The summed E-state index contributed by atoms with van der Waals surface area (Å²) >= 11 is 2.89. The molecule has 0 aliphatic carbocycles. The first-order valence-electron chi connectivity index (χ1n) is 9.88. The molecule has 3 aromatic rings. The highest BCUT2D eigenvalue weighted by atomic mass is 32.2. The van der Waals surface area contributed by atoms with Crippen molar-refractivity contribution in [1.82, 2.24) is 14.5 Å². The lowest BCUT2D eigenvalue weighted by atomic mass is 10.1. The summed E-state index contributed by atoms with van der Waals surface area (Å²) in [4.78, 5) is 12.5. The van der Waals surface area contributed by atoms with E-state index in [1.807, 2.05) is 18.2 Å². The Morgan fingerprint density at radius 2 is 1.71 bits per heavy atom. The molecule has 0 spiro atoms. The molecule has 2 heterocycles. The first kappa shape index (κ1) is 21.9. The molecule has 0 saturated carbocycles. The van der Waals surface area contributed by atoms with Crippen molar-refractivity contribution in [3.05, 3.63) is 71.3 Å². The van der Waals surface area contributed by atoms with Crippen LogP contribution in [0.3, 0.4) is 0 Å². The molecular weight excluding hydrogens is 452 g/mol. The number of thioether (sulfide) groups is 1. The van der Waals surface area contributed by atoms with Crippen molar-refractivity contribution < 1.29 is 13.2 Å². The van der Waals surface area contributed by atoms with Crippen molar-refractivity contribution in [1.29, 1.82) is 0 Å². The van der Waals surface area contributed by atoms with Crippen LogP contribution in [0.15, 0.2) is 58.9 Å². The van der Waals surface area contributed by atoms with Gasteiger partial charge in [-0.15, -0.1) is 10.2 Å². The molecule has 0 atom stereocenters. The zero-order valence-corrected chi connectivity index (χ0v) is 19.2. The number of rotatable bonds is 8. The Balaban J connectivity index is 1.32. The maximum absolute atomic E-state index is 12.5. The highest BCUT2D eigenvalue weighted by molar-refractivity contribution is 8.00. The maximum Gasteiger partial charge on any atom is 0.257 e. The molecule has 0 unspecified atom stereocenters. The van der Waals surface area contributed by atoms with Crippen LogP contribution in [0.5, 0.6) is 0 Å². The predicted molar refractivity (Wildman–Crippen MR) is 124 cm³/mol. The number of carbonyl (C=O) groups is 1. The topological polar surface area (TPSA) is 92.3 Å². The summed E-state index contributed by atoms with van der Waals surface area (Å²) in [6.45, 7) is 1.19. The summed E-state index contributed by atoms with van der Waals surface area (Å²) in [5, 5.41) is 11.3. The van der Waals surface area contributed by atoms with Crippen molar-refractivity contribution in [2.45, 2.75) is 28.7 Å². The Bertz CT molecular complexity index is 1130. The van der Waals surface area contributed by atoms with E-state index in [0.29, 0.717) is 29.3 Å². The number of sulfonamides is 1. The molecule has 1 fully saturated rings. The SMILES string of the molecule is O=C(Nc1nnc(SCc2ccccc2)s1)c1ccc(CS(=O)(=O)N2CCCC2)cc1. The number of anilines is 1. The van der Waals surface area contributed by atoms with Crippen molar-refractivity contribution in [2.75, 3.05) is 18.4 Å². The van der Waals surface area contributed by atoms with Crippen molar-refractivity contribution in [3.8, 4) is 0 Å². The molecule has 1 aromatic heterocycles. The Kier molecular flexibility index (Phi) is 7.01. The van der Waals surface area contributed by atoms with Gasteiger partial charge in [0.1, 0.15) is 0 Å². The predicted octanol–water partition coefficient (Wildman–Crippen LogP) is 4.01. The lowest BCUT2D eigenvalue weighted by Crippen LogP contribution is -2.29. The van der Waals surface area contributed by atoms with Crippen LogP contribution in [0.25, 0.3) is 0 Å². The average molecular weight is 475 g/mol. The van der Waals surface area contributed by atoms with Gasteiger partial charge in [-0.1, -0.05) is 65.6 Å². The minimum absolute atomic E-state index is 0.0483. The first-order chi connectivity index (χ1) is 15.0. The molecule has 4 rings (SSSR count).